The SMILES string of the molecule is COc1ccc(-n2nc(OC(C)C)cc2-c2ccc(OCc3ccccc3)cc2)cc1. The Hall–Kier alpha value is -3.73. The predicted octanol–water partition coefficient (Wildman–Crippen LogP) is 5.91. The number of nitrogens with zero attached hydrogens (tertiary/aromatic N) is 2. The van der Waals surface area contributed by atoms with Gasteiger partial charge >= 0.3 is 0 Å². The molecule has 5 nitrogen and oxygen atoms in total. The topological polar surface area (TPSA) is 45.5 Å². The van der Waals surface area contributed by atoms with Gasteiger partial charge in [0.1, 0.15) is 18.1 Å². The van der Waals surface area contributed by atoms with Gasteiger partial charge in [0.2, 0.25) is 5.88 Å². The van der Waals surface area contributed by atoms with Crippen LogP contribution in [0.3, 0.4) is 0 Å². The van der Waals surface area contributed by atoms with Gasteiger partial charge in [-0.15, -0.1) is 5.10 Å². The molecule has 4 aromatic rings. The summed E-state index contributed by atoms with van der Waals surface area (Å²) in [5, 5.41) is 4.67. The molecule has 5 heteroatoms. The van der Waals surface area contributed by atoms with Crippen LogP contribution >= 0.6 is 0 Å². The fourth-order valence-corrected chi connectivity index (χ4v) is 3.25. The minimum atomic E-state index is 0.0424. The fourth-order valence-electron chi connectivity index (χ4n) is 3.25. The van der Waals surface area contributed by atoms with E-state index in [1.807, 2.05) is 91.3 Å². The quantitative estimate of drug-likeness (QED) is 0.359. The van der Waals surface area contributed by atoms with Gasteiger partial charge in [-0.05, 0) is 67.9 Å². The lowest BCUT2D eigenvalue weighted by Gasteiger charge is -2.10. The zero-order valence-corrected chi connectivity index (χ0v) is 18.0. The number of hydrogen-bond acceptors (Lipinski definition) is 4. The standard InChI is InChI=1S/C26H26N2O3/c1-19(2)31-26-17-25(28(27-26)22-11-15-23(29-3)16-12-22)21-9-13-24(14-10-21)30-18-20-7-5-4-6-8-20/h4-17,19H,18H2,1-3H3. The Labute approximate surface area is 182 Å². The maximum Gasteiger partial charge on any atom is 0.234 e. The first-order valence-electron chi connectivity index (χ1n) is 10.3. The summed E-state index contributed by atoms with van der Waals surface area (Å²) in [5.41, 5.74) is 4.03. The molecule has 0 spiro atoms. The molecule has 0 N–H and O–H groups in total. The Bertz CT molecular complexity index is 1100. The van der Waals surface area contributed by atoms with Crippen LogP contribution in [-0.4, -0.2) is 23.0 Å². The van der Waals surface area contributed by atoms with E-state index < -0.39 is 0 Å². The van der Waals surface area contributed by atoms with Crippen LogP contribution in [0.1, 0.15) is 19.4 Å². The summed E-state index contributed by atoms with van der Waals surface area (Å²) in [6, 6.07) is 27.9. The molecule has 0 unspecified atom stereocenters. The maximum atomic E-state index is 5.92. The van der Waals surface area contributed by atoms with Crippen LogP contribution in [0.15, 0.2) is 84.9 Å². The first-order chi connectivity index (χ1) is 15.1. The molecule has 0 saturated carbocycles. The first kappa shape index (κ1) is 20.5. The van der Waals surface area contributed by atoms with Gasteiger partial charge in [-0.2, -0.15) is 0 Å². The molecule has 0 aliphatic carbocycles. The van der Waals surface area contributed by atoms with E-state index >= 15 is 0 Å². The van der Waals surface area contributed by atoms with Crippen LogP contribution in [-0.2, 0) is 6.61 Å². The molecule has 0 atom stereocenters. The lowest BCUT2D eigenvalue weighted by Crippen LogP contribution is -2.06. The van der Waals surface area contributed by atoms with Crippen molar-refractivity contribution >= 4 is 0 Å². The summed E-state index contributed by atoms with van der Waals surface area (Å²) in [7, 11) is 1.66. The molecule has 0 bridgehead atoms. The largest absolute Gasteiger partial charge is 0.497 e. The summed E-state index contributed by atoms with van der Waals surface area (Å²) in [4.78, 5) is 0. The third-order valence-electron chi connectivity index (χ3n) is 4.76. The number of ether oxygens (including phenoxy) is 3. The molecule has 0 radical (unpaired) electrons. The van der Waals surface area contributed by atoms with Gasteiger partial charge in [0.25, 0.3) is 0 Å². The summed E-state index contributed by atoms with van der Waals surface area (Å²) < 4.78 is 18.9. The molecule has 0 aliphatic rings. The van der Waals surface area contributed by atoms with Crippen LogP contribution in [0.4, 0.5) is 0 Å². The Kier molecular flexibility index (Phi) is 6.22. The van der Waals surface area contributed by atoms with Crippen molar-refractivity contribution in [3.05, 3.63) is 90.5 Å². The molecule has 0 aliphatic heterocycles. The van der Waals surface area contributed by atoms with Gasteiger partial charge in [-0.1, -0.05) is 30.3 Å². The van der Waals surface area contributed by atoms with Crippen molar-refractivity contribution in [2.24, 2.45) is 0 Å². The minimum Gasteiger partial charge on any atom is -0.497 e. The zero-order valence-electron chi connectivity index (χ0n) is 18.0. The molecular formula is C26H26N2O3. The molecule has 4 rings (SSSR count). The van der Waals surface area contributed by atoms with E-state index in [0.717, 1.165) is 34.0 Å². The molecule has 1 aromatic heterocycles. The number of aromatic nitrogens is 2. The van der Waals surface area contributed by atoms with Gasteiger partial charge in [-0.25, -0.2) is 4.68 Å². The fraction of sp³-hybridized carbons (Fsp3) is 0.192. The highest BCUT2D eigenvalue weighted by Crippen LogP contribution is 2.29. The molecule has 0 fully saturated rings. The van der Waals surface area contributed by atoms with Crippen LogP contribution in [0, 0.1) is 0 Å². The summed E-state index contributed by atoms with van der Waals surface area (Å²) >= 11 is 0. The van der Waals surface area contributed by atoms with Crippen molar-refractivity contribution in [1.29, 1.82) is 0 Å². The molecule has 3 aromatic carbocycles. The highest BCUT2D eigenvalue weighted by atomic mass is 16.5. The second-order valence-corrected chi connectivity index (χ2v) is 7.44. The normalized spacial score (nSPS) is 10.8. The van der Waals surface area contributed by atoms with Crippen molar-refractivity contribution < 1.29 is 14.2 Å². The van der Waals surface area contributed by atoms with Gasteiger partial charge in [0, 0.05) is 11.6 Å². The molecule has 0 amide bonds. The average molecular weight is 415 g/mol. The van der Waals surface area contributed by atoms with Gasteiger partial charge in [-0.3, -0.25) is 0 Å². The van der Waals surface area contributed by atoms with Crippen LogP contribution in [0.25, 0.3) is 16.9 Å². The predicted molar refractivity (Wildman–Crippen MR) is 122 cm³/mol. The second-order valence-electron chi connectivity index (χ2n) is 7.44. The number of hydrogen-bond donors (Lipinski definition) is 0. The second kappa shape index (κ2) is 9.39. The Balaban J connectivity index is 1.60. The van der Waals surface area contributed by atoms with E-state index in [1.54, 1.807) is 7.11 Å². The van der Waals surface area contributed by atoms with E-state index in [9.17, 15) is 0 Å². The third kappa shape index (κ3) is 5.07. The number of benzene rings is 3. The maximum absolute atomic E-state index is 5.92. The Morgan fingerprint density at radius 2 is 1.52 bits per heavy atom. The van der Waals surface area contributed by atoms with Crippen molar-refractivity contribution in [1.82, 2.24) is 9.78 Å². The molecule has 158 valence electrons. The highest BCUT2D eigenvalue weighted by Gasteiger charge is 2.14. The van der Waals surface area contributed by atoms with Gasteiger partial charge in [0.15, 0.2) is 0 Å². The molecule has 0 saturated heterocycles. The third-order valence-corrected chi connectivity index (χ3v) is 4.76. The van der Waals surface area contributed by atoms with E-state index in [-0.39, 0.29) is 6.10 Å². The van der Waals surface area contributed by atoms with Crippen molar-refractivity contribution in [2.45, 2.75) is 26.6 Å². The van der Waals surface area contributed by atoms with Crippen molar-refractivity contribution in [3.8, 4) is 34.3 Å². The lowest BCUT2D eigenvalue weighted by molar-refractivity contribution is 0.231. The van der Waals surface area contributed by atoms with Crippen molar-refractivity contribution in [3.63, 3.8) is 0 Å². The Morgan fingerprint density at radius 3 is 2.16 bits per heavy atom. The van der Waals surface area contributed by atoms with Gasteiger partial charge in [0.05, 0.1) is 24.6 Å². The van der Waals surface area contributed by atoms with E-state index in [4.69, 9.17) is 14.2 Å². The summed E-state index contributed by atoms with van der Waals surface area (Å²) in [6.45, 7) is 4.52. The Morgan fingerprint density at radius 1 is 0.839 bits per heavy atom. The summed E-state index contributed by atoms with van der Waals surface area (Å²) in [5.74, 6) is 2.21. The number of rotatable bonds is 8. The first-order valence-corrected chi connectivity index (χ1v) is 10.3. The smallest absolute Gasteiger partial charge is 0.234 e. The van der Waals surface area contributed by atoms with Gasteiger partial charge < -0.3 is 14.2 Å². The van der Waals surface area contributed by atoms with E-state index in [2.05, 4.69) is 17.2 Å². The van der Waals surface area contributed by atoms with E-state index in [0.29, 0.717) is 12.5 Å². The molecule has 31 heavy (non-hydrogen) atoms. The number of methoxy groups -OCH3 is 1. The lowest BCUT2D eigenvalue weighted by atomic mass is 10.1. The molecule has 1 heterocycles. The van der Waals surface area contributed by atoms with Crippen LogP contribution in [0.5, 0.6) is 17.4 Å². The zero-order chi connectivity index (χ0) is 21.6. The molecular weight excluding hydrogens is 388 g/mol. The average Bonchev–Trinajstić information content (AvgIpc) is 3.22. The van der Waals surface area contributed by atoms with Crippen LogP contribution in [0.2, 0.25) is 0 Å². The minimum absolute atomic E-state index is 0.0424. The monoisotopic (exact) mass is 414 g/mol. The highest BCUT2D eigenvalue weighted by molar-refractivity contribution is 5.64. The van der Waals surface area contributed by atoms with E-state index in [1.165, 1.54) is 0 Å². The summed E-state index contributed by atoms with van der Waals surface area (Å²) in [6.07, 6.45) is 0.0424. The van der Waals surface area contributed by atoms with Crippen LogP contribution < -0.4 is 14.2 Å². The van der Waals surface area contributed by atoms with Crippen molar-refractivity contribution in [2.75, 3.05) is 7.11 Å².